The largest absolute Gasteiger partial charge is 0.377 e. The van der Waals surface area contributed by atoms with E-state index in [1.54, 1.807) is 0 Å². The van der Waals surface area contributed by atoms with Crippen molar-refractivity contribution in [3.05, 3.63) is 35.9 Å². The number of thioether (sulfide) groups is 2. The van der Waals surface area contributed by atoms with E-state index in [-0.39, 0.29) is 35.2 Å². The van der Waals surface area contributed by atoms with Crippen molar-refractivity contribution >= 4 is 57.8 Å². The molecule has 39 heavy (non-hydrogen) atoms. The van der Waals surface area contributed by atoms with Gasteiger partial charge in [0.05, 0.1) is 48.0 Å². The maximum absolute atomic E-state index is 12.3. The lowest BCUT2D eigenvalue weighted by atomic mass is 10.0. The summed E-state index contributed by atoms with van der Waals surface area (Å²) in [6, 6.07) is 10.4. The maximum atomic E-state index is 12.3. The molecular weight excluding hydrogens is 557 g/mol. The highest BCUT2D eigenvalue weighted by Crippen LogP contribution is 2.33. The van der Waals surface area contributed by atoms with Crippen molar-refractivity contribution in [3.8, 4) is 0 Å². The summed E-state index contributed by atoms with van der Waals surface area (Å²) in [5, 5.41) is 11.9. The molecule has 0 saturated carbocycles. The van der Waals surface area contributed by atoms with Crippen molar-refractivity contribution in [1.29, 1.82) is 0 Å². The molecule has 2 aliphatic rings. The highest BCUT2D eigenvalue weighted by atomic mass is 32.2. The van der Waals surface area contributed by atoms with Crippen LogP contribution in [0.5, 0.6) is 0 Å². The van der Waals surface area contributed by atoms with Crippen LogP contribution in [0.4, 0.5) is 4.79 Å². The molecule has 0 aliphatic carbocycles. The molecular formula is C27H40N4O5S3. The number of hydrogen-bond donors (Lipinski definition) is 4. The molecule has 4 amide bonds. The van der Waals surface area contributed by atoms with E-state index in [1.807, 2.05) is 49.0 Å². The molecule has 12 heteroatoms. The van der Waals surface area contributed by atoms with Crippen LogP contribution < -0.4 is 21.3 Å². The van der Waals surface area contributed by atoms with Gasteiger partial charge in [-0.25, -0.2) is 4.79 Å². The highest BCUT2D eigenvalue weighted by Gasteiger charge is 2.42. The first kappa shape index (κ1) is 31.7. The van der Waals surface area contributed by atoms with E-state index >= 15 is 0 Å². The predicted octanol–water partition coefficient (Wildman–Crippen LogP) is 2.67. The highest BCUT2D eigenvalue weighted by molar-refractivity contribution is 8.23. The van der Waals surface area contributed by atoms with Gasteiger partial charge >= 0.3 is 6.03 Å². The Kier molecular flexibility index (Phi) is 14.4. The smallest absolute Gasteiger partial charge is 0.315 e. The van der Waals surface area contributed by atoms with Gasteiger partial charge in [-0.2, -0.15) is 11.8 Å². The number of unbranched alkanes of at least 4 members (excludes halogenated alkanes) is 1. The molecule has 0 aromatic heterocycles. The maximum Gasteiger partial charge on any atom is 0.315 e. The van der Waals surface area contributed by atoms with Crippen LogP contribution in [-0.2, 0) is 25.5 Å². The summed E-state index contributed by atoms with van der Waals surface area (Å²) in [4.78, 5) is 35.7. The number of fused-ring (bicyclic) bond motifs is 1. The number of rotatable bonds is 18. The molecule has 1 aromatic carbocycles. The molecule has 4 atom stereocenters. The molecule has 0 radical (unpaired) electrons. The first-order chi connectivity index (χ1) is 18.9. The zero-order valence-electron chi connectivity index (χ0n) is 22.4. The second kappa shape index (κ2) is 17.8. The SMILES string of the molecule is CC(SC(=S)Cc1ccccc1)C(=O)NCCOCCOCCNC(=O)CCCC[C@H]1SCC2NC(=O)NC21. The Bertz CT molecular complexity index is 939. The van der Waals surface area contributed by atoms with E-state index in [0.29, 0.717) is 57.6 Å². The molecule has 2 heterocycles. The second-order valence-electron chi connectivity index (χ2n) is 9.53. The average Bonchev–Trinajstić information content (AvgIpc) is 3.47. The molecule has 0 bridgehead atoms. The third-order valence-electron chi connectivity index (χ3n) is 6.44. The Hall–Kier alpha value is -1.86. The minimum Gasteiger partial charge on any atom is -0.377 e. The zero-order valence-corrected chi connectivity index (χ0v) is 24.9. The minimum absolute atomic E-state index is 0.0339. The summed E-state index contributed by atoms with van der Waals surface area (Å²) >= 11 is 8.73. The molecule has 9 nitrogen and oxygen atoms in total. The van der Waals surface area contributed by atoms with Crippen molar-refractivity contribution in [2.75, 3.05) is 45.3 Å². The first-order valence-electron chi connectivity index (χ1n) is 13.5. The van der Waals surface area contributed by atoms with Crippen molar-refractivity contribution in [1.82, 2.24) is 21.3 Å². The van der Waals surface area contributed by atoms with Crippen LogP contribution >= 0.6 is 35.7 Å². The topological polar surface area (TPSA) is 118 Å². The fourth-order valence-corrected chi connectivity index (χ4v) is 7.37. The molecule has 2 fully saturated rings. The summed E-state index contributed by atoms with van der Waals surface area (Å²) in [6.45, 7) is 4.43. The fourth-order valence-electron chi connectivity index (χ4n) is 4.39. The van der Waals surface area contributed by atoms with Gasteiger partial charge in [0.25, 0.3) is 0 Å². The lowest BCUT2D eigenvalue weighted by Crippen LogP contribution is -2.36. The summed E-state index contributed by atoms with van der Waals surface area (Å²) in [7, 11) is 0. The standard InChI is InChI=1S/C27H40N4O5S3/c1-19(39-24(37)17-20-7-3-2-4-8-20)26(33)29-12-14-36-16-15-35-13-11-28-23(32)10-6-5-9-22-25-21(18-38-22)30-27(34)31-25/h2-4,7-8,19,21-22,25H,5-6,9-18H2,1H3,(H,28,32)(H,29,33)(H2,30,31,34)/t19?,21?,22-,25?/m1/s1. The van der Waals surface area contributed by atoms with Crippen LogP contribution in [0.15, 0.2) is 30.3 Å². The number of benzene rings is 1. The molecule has 0 spiro atoms. The summed E-state index contributed by atoms with van der Waals surface area (Å²) in [5.41, 5.74) is 1.14. The molecule has 2 saturated heterocycles. The number of urea groups is 1. The fraction of sp³-hybridized carbons (Fsp3) is 0.630. The number of nitrogens with one attached hydrogen (secondary N) is 4. The number of hydrogen-bond acceptors (Lipinski definition) is 8. The third kappa shape index (κ3) is 12.0. The molecule has 3 unspecified atom stereocenters. The van der Waals surface area contributed by atoms with Gasteiger partial charge in [-0.05, 0) is 25.3 Å². The van der Waals surface area contributed by atoms with E-state index in [9.17, 15) is 14.4 Å². The van der Waals surface area contributed by atoms with Crippen LogP contribution in [0.25, 0.3) is 0 Å². The number of amides is 4. The zero-order chi connectivity index (χ0) is 27.9. The molecule has 1 aromatic rings. The third-order valence-corrected chi connectivity index (χ3v) is 9.35. The molecule has 3 rings (SSSR count). The van der Waals surface area contributed by atoms with Gasteiger partial charge < -0.3 is 30.7 Å². The van der Waals surface area contributed by atoms with E-state index in [2.05, 4.69) is 21.3 Å². The number of thiocarbonyl (C=S) groups is 1. The normalized spacial score (nSPS) is 20.5. The van der Waals surface area contributed by atoms with Gasteiger partial charge in [0, 0.05) is 36.9 Å². The minimum atomic E-state index is -0.257. The van der Waals surface area contributed by atoms with Gasteiger partial charge in [-0.3, -0.25) is 9.59 Å². The Morgan fingerprint density at radius 3 is 2.54 bits per heavy atom. The lowest BCUT2D eigenvalue weighted by Gasteiger charge is -2.16. The Morgan fingerprint density at radius 2 is 1.79 bits per heavy atom. The van der Waals surface area contributed by atoms with Gasteiger partial charge in [-0.15, -0.1) is 11.8 Å². The van der Waals surface area contributed by atoms with E-state index < -0.39 is 0 Å². The number of carbonyl (C=O) groups is 3. The van der Waals surface area contributed by atoms with Crippen LogP contribution in [0.2, 0.25) is 0 Å². The van der Waals surface area contributed by atoms with Crippen molar-refractivity contribution < 1.29 is 23.9 Å². The van der Waals surface area contributed by atoms with Crippen LogP contribution in [0, 0.1) is 0 Å². The summed E-state index contributed by atoms with van der Waals surface area (Å²) in [6.07, 6.45) is 3.99. The van der Waals surface area contributed by atoms with E-state index in [1.165, 1.54) is 11.8 Å². The van der Waals surface area contributed by atoms with Crippen LogP contribution in [-0.4, -0.2) is 89.9 Å². The predicted molar refractivity (Wildman–Crippen MR) is 161 cm³/mol. The van der Waals surface area contributed by atoms with Crippen LogP contribution in [0.1, 0.15) is 38.2 Å². The van der Waals surface area contributed by atoms with Gasteiger partial charge in [-0.1, -0.05) is 49.0 Å². The van der Waals surface area contributed by atoms with Gasteiger partial charge in [0.1, 0.15) is 0 Å². The van der Waals surface area contributed by atoms with Crippen molar-refractivity contribution in [2.45, 2.75) is 61.6 Å². The van der Waals surface area contributed by atoms with Crippen molar-refractivity contribution in [3.63, 3.8) is 0 Å². The van der Waals surface area contributed by atoms with Crippen LogP contribution in [0.3, 0.4) is 0 Å². The quantitative estimate of drug-likeness (QED) is 0.116. The molecule has 2 aliphatic heterocycles. The lowest BCUT2D eigenvalue weighted by molar-refractivity contribution is -0.122. The monoisotopic (exact) mass is 596 g/mol. The number of ether oxygens (including phenoxy) is 2. The Morgan fingerprint density at radius 1 is 1.08 bits per heavy atom. The Labute approximate surface area is 245 Å². The second-order valence-corrected chi connectivity index (χ2v) is 13.0. The van der Waals surface area contributed by atoms with Gasteiger partial charge in [0.2, 0.25) is 11.8 Å². The first-order valence-corrected chi connectivity index (χ1v) is 15.9. The molecule has 216 valence electrons. The molecule has 4 N–H and O–H groups in total. The summed E-state index contributed by atoms with van der Waals surface area (Å²) < 4.78 is 11.8. The average molecular weight is 597 g/mol. The Balaban J connectivity index is 1.08. The van der Waals surface area contributed by atoms with E-state index in [0.717, 1.165) is 34.8 Å². The van der Waals surface area contributed by atoms with E-state index in [4.69, 9.17) is 21.7 Å². The number of carbonyl (C=O) groups excluding carboxylic acids is 3. The van der Waals surface area contributed by atoms with Gasteiger partial charge in [0.15, 0.2) is 0 Å². The summed E-state index contributed by atoms with van der Waals surface area (Å²) in [5.74, 6) is 0.934. The van der Waals surface area contributed by atoms with Crippen molar-refractivity contribution in [2.24, 2.45) is 0 Å².